The molecule has 0 spiro atoms. The van der Waals surface area contributed by atoms with Crippen molar-refractivity contribution in [1.29, 1.82) is 0 Å². The number of unbranched alkanes of at least 4 members (excludes halogenated alkanes) is 1. The highest BCUT2D eigenvalue weighted by molar-refractivity contribution is 5.79. The highest BCUT2D eigenvalue weighted by atomic mass is 16.4. The van der Waals surface area contributed by atoms with Gasteiger partial charge in [-0.2, -0.15) is 0 Å². The predicted molar refractivity (Wildman–Crippen MR) is 132 cm³/mol. The number of hydrogen-bond donors (Lipinski definition) is 2. The van der Waals surface area contributed by atoms with Gasteiger partial charge >= 0.3 is 0 Å². The van der Waals surface area contributed by atoms with Gasteiger partial charge in [-0.3, -0.25) is 4.90 Å². The summed E-state index contributed by atoms with van der Waals surface area (Å²) in [5, 5.41) is 6.74. The first-order valence-corrected chi connectivity index (χ1v) is 12.0. The van der Waals surface area contributed by atoms with Gasteiger partial charge in [-0.15, -0.1) is 0 Å². The molecule has 0 atom stereocenters. The minimum atomic E-state index is -0.0358. The lowest BCUT2D eigenvalue weighted by Crippen LogP contribution is -2.46. The van der Waals surface area contributed by atoms with Crippen molar-refractivity contribution >= 4 is 11.6 Å². The van der Waals surface area contributed by atoms with E-state index in [1.54, 1.807) is 0 Å². The van der Waals surface area contributed by atoms with Gasteiger partial charge in [0.05, 0.1) is 6.20 Å². The zero-order valence-electron chi connectivity index (χ0n) is 20.2. The molecule has 1 aliphatic heterocycles. The van der Waals surface area contributed by atoms with E-state index in [0.717, 1.165) is 64.0 Å². The van der Waals surface area contributed by atoms with Crippen LogP contribution in [0.25, 0.3) is 0 Å². The van der Waals surface area contributed by atoms with Crippen molar-refractivity contribution < 1.29 is 4.42 Å². The van der Waals surface area contributed by atoms with Gasteiger partial charge in [0.2, 0.25) is 5.89 Å². The Morgan fingerprint density at radius 1 is 1.06 bits per heavy atom. The maximum atomic E-state index is 5.84. The van der Waals surface area contributed by atoms with Gasteiger partial charge in [-0.05, 0) is 38.4 Å². The van der Waals surface area contributed by atoms with Crippen molar-refractivity contribution in [3.63, 3.8) is 0 Å². The topological polar surface area (TPSA) is 68.9 Å². The molecule has 7 heteroatoms. The summed E-state index contributed by atoms with van der Waals surface area (Å²) in [5.74, 6) is 2.37. The summed E-state index contributed by atoms with van der Waals surface area (Å²) in [5.41, 5.74) is 1.30. The van der Waals surface area contributed by atoms with Crippen molar-refractivity contribution in [2.45, 2.75) is 52.5 Å². The minimum Gasteiger partial charge on any atom is -0.443 e. The summed E-state index contributed by atoms with van der Waals surface area (Å²) < 4.78 is 5.84. The zero-order chi connectivity index (χ0) is 22.8. The van der Waals surface area contributed by atoms with Crippen LogP contribution in [0.1, 0.15) is 52.2 Å². The summed E-state index contributed by atoms with van der Waals surface area (Å²) >= 11 is 0. The molecule has 1 aromatic heterocycles. The monoisotopic (exact) mass is 440 g/mol. The summed E-state index contributed by atoms with van der Waals surface area (Å²) in [7, 11) is 0. The summed E-state index contributed by atoms with van der Waals surface area (Å²) in [6.07, 6.45) is 4.12. The quantitative estimate of drug-likeness (QED) is 0.353. The molecule has 0 amide bonds. The van der Waals surface area contributed by atoms with E-state index in [2.05, 4.69) is 88.4 Å². The molecule has 0 radical (unpaired) electrons. The number of nitrogens with zero attached hydrogens (tertiary/aromatic N) is 4. The molecular weight excluding hydrogens is 400 g/mol. The fraction of sp³-hybridized carbons (Fsp3) is 0.600. The number of piperazine rings is 1. The molecule has 2 heterocycles. The SMILES string of the molecule is CCNC(=NCc1ncc(C(C)(C)C)o1)NCCCCN1CCN(c2ccccc2)CC1. The zero-order valence-corrected chi connectivity index (χ0v) is 20.2. The van der Waals surface area contributed by atoms with E-state index in [1.165, 1.54) is 12.1 Å². The van der Waals surface area contributed by atoms with Gasteiger partial charge in [-0.1, -0.05) is 39.0 Å². The van der Waals surface area contributed by atoms with E-state index in [1.807, 2.05) is 6.20 Å². The van der Waals surface area contributed by atoms with Crippen LogP contribution in [0.2, 0.25) is 0 Å². The van der Waals surface area contributed by atoms with Crippen LogP contribution in [-0.2, 0) is 12.0 Å². The predicted octanol–water partition coefficient (Wildman–Crippen LogP) is 3.63. The largest absolute Gasteiger partial charge is 0.443 e. The van der Waals surface area contributed by atoms with E-state index in [4.69, 9.17) is 4.42 Å². The Balaban J connectivity index is 1.33. The maximum absolute atomic E-state index is 5.84. The molecule has 1 aromatic carbocycles. The summed E-state index contributed by atoms with van der Waals surface area (Å²) in [6.45, 7) is 16.3. The Bertz CT molecular complexity index is 818. The molecule has 1 fully saturated rings. The number of benzene rings is 1. The van der Waals surface area contributed by atoms with Gasteiger partial charge in [0.15, 0.2) is 5.96 Å². The molecule has 0 aliphatic carbocycles. The number of rotatable bonds is 9. The number of anilines is 1. The van der Waals surface area contributed by atoms with E-state index < -0.39 is 0 Å². The Morgan fingerprint density at radius 2 is 1.81 bits per heavy atom. The number of nitrogens with one attached hydrogen (secondary N) is 2. The van der Waals surface area contributed by atoms with Crippen LogP contribution in [0, 0.1) is 0 Å². The average Bonchev–Trinajstić information content (AvgIpc) is 3.28. The van der Waals surface area contributed by atoms with Crippen molar-refractivity contribution in [1.82, 2.24) is 20.5 Å². The number of guanidine groups is 1. The van der Waals surface area contributed by atoms with Crippen LogP contribution in [0.4, 0.5) is 5.69 Å². The number of oxazole rings is 1. The van der Waals surface area contributed by atoms with Crippen LogP contribution in [0.15, 0.2) is 45.9 Å². The van der Waals surface area contributed by atoms with Gasteiger partial charge in [0.25, 0.3) is 0 Å². The Kier molecular flexibility index (Phi) is 8.97. The molecule has 0 unspecified atom stereocenters. The fourth-order valence-corrected chi connectivity index (χ4v) is 3.75. The molecule has 7 nitrogen and oxygen atoms in total. The van der Waals surface area contributed by atoms with Crippen LogP contribution < -0.4 is 15.5 Å². The molecule has 1 saturated heterocycles. The second kappa shape index (κ2) is 11.9. The normalized spacial score (nSPS) is 15.8. The Morgan fingerprint density at radius 3 is 2.47 bits per heavy atom. The lowest BCUT2D eigenvalue weighted by atomic mass is 9.94. The number of hydrogen-bond acceptors (Lipinski definition) is 5. The van der Waals surface area contributed by atoms with Crippen LogP contribution in [0.3, 0.4) is 0 Å². The van der Waals surface area contributed by atoms with E-state index >= 15 is 0 Å². The lowest BCUT2D eigenvalue weighted by molar-refractivity contribution is 0.253. The first-order valence-electron chi connectivity index (χ1n) is 12.0. The highest BCUT2D eigenvalue weighted by Crippen LogP contribution is 2.22. The smallest absolute Gasteiger partial charge is 0.216 e. The van der Waals surface area contributed by atoms with Crippen molar-refractivity contribution in [3.05, 3.63) is 48.2 Å². The standard InChI is InChI=1S/C25H40N6O/c1-5-26-24(29-20-23-28-19-22(32-23)25(2,3)4)27-13-9-10-14-30-15-17-31(18-16-30)21-11-7-6-8-12-21/h6-8,11-12,19H,5,9-10,13-18,20H2,1-4H3,(H2,26,27,29). The summed E-state index contributed by atoms with van der Waals surface area (Å²) in [4.78, 5) is 14.0. The first-order chi connectivity index (χ1) is 15.5. The van der Waals surface area contributed by atoms with Crippen molar-refractivity contribution in [2.75, 3.05) is 50.7 Å². The molecule has 3 rings (SSSR count). The van der Waals surface area contributed by atoms with E-state index in [9.17, 15) is 0 Å². The van der Waals surface area contributed by atoms with E-state index in [0.29, 0.717) is 12.4 Å². The van der Waals surface area contributed by atoms with Gasteiger partial charge in [0.1, 0.15) is 12.3 Å². The van der Waals surface area contributed by atoms with Crippen LogP contribution in [-0.4, -0.2) is 61.7 Å². The third-order valence-corrected chi connectivity index (χ3v) is 5.70. The van der Waals surface area contributed by atoms with E-state index in [-0.39, 0.29) is 5.41 Å². The van der Waals surface area contributed by atoms with Crippen molar-refractivity contribution in [3.8, 4) is 0 Å². The van der Waals surface area contributed by atoms with Gasteiger partial charge in [-0.25, -0.2) is 9.98 Å². The van der Waals surface area contributed by atoms with Crippen LogP contribution >= 0.6 is 0 Å². The second-order valence-electron chi connectivity index (χ2n) is 9.36. The summed E-state index contributed by atoms with van der Waals surface area (Å²) in [6, 6.07) is 10.7. The Labute approximate surface area is 193 Å². The number of para-hydroxylation sites is 1. The van der Waals surface area contributed by atoms with Crippen molar-refractivity contribution in [2.24, 2.45) is 4.99 Å². The fourth-order valence-electron chi connectivity index (χ4n) is 3.75. The molecule has 0 saturated carbocycles. The lowest BCUT2D eigenvalue weighted by Gasteiger charge is -2.36. The molecule has 176 valence electrons. The maximum Gasteiger partial charge on any atom is 0.216 e. The number of aliphatic imine (C=N–C) groups is 1. The molecule has 0 bridgehead atoms. The Hall–Kier alpha value is -2.54. The highest BCUT2D eigenvalue weighted by Gasteiger charge is 2.19. The van der Waals surface area contributed by atoms with Gasteiger partial charge in [0, 0.05) is 50.4 Å². The second-order valence-corrected chi connectivity index (χ2v) is 9.36. The van der Waals surface area contributed by atoms with Gasteiger partial charge < -0.3 is 20.0 Å². The third kappa shape index (κ3) is 7.55. The molecule has 2 aromatic rings. The third-order valence-electron chi connectivity index (χ3n) is 5.70. The van der Waals surface area contributed by atoms with Crippen LogP contribution in [0.5, 0.6) is 0 Å². The minimum absolute atomic E-state index is 0.0358. The number of aromatic nitrogens is 1. The molecule has 32 heavy (non-hydrogen) atoms. The first kappa shape index (κ1) is 24.1. The molecular formula is C25H40N6O. The molecule has 2 N–H and O–H groups in total. The molecule has 1 aliphatic rings. The average molecular weight is 441 g/mol.